The largest absolute Gasteiger partial charge is 0.324 e. The number of nitrogens with one attached hydrogen (secondary N) is 2. The van der Waals surface area contributed by atoms with Crippen LogP contribution in [0.5, 0.6) is 0 Å². The number of nitrogens with zero attached hydrogens (tertiary/aromatic N) is 6. The third-order valence-corrected chi connectivity index (χ3v) is 9.77. The molecule has 4 aromatic rings. The van der Waals surface area contributed by atoms with E-state index in [-0.39, 0.29) is 0 Å². The van der Waals surface area contributed by atoms with Crippen molar-refractivity contribution in [1.82, 2.24) is 39.9 Å². The maximum Gasteiger partial charge on any atom is 0.164 e. The molecule has 1 aromatic carbocycles. The van der Waals surface area contributed by atoms with Gasteiger partial charge in [-0.25, -0.2) is 29.9 Å². The summed E-state index contributed by atoms with van der Waals surface area (Å²) in [5.74, 6) is 4.11. The molecule has 8 heteroatoms. The van der Waals surface area contributed by atoms with Crippen LogP contribution in [0.25, 0.3) is 56.5 Å². The van der Waals surface area contributed by atoms with Crippen molar-refractivity contribution < 1.29 is 0 Å². The predicted octanol–water partition coefficient (Wildman–Crippen LogP) is 7.60. The van der Waals surface area contributed by atoms with Crippen molar-refractivity contribution in [2.45, 2.75) is 85.5 Å². The second-order valence-electron chi connectivity index (χ2n) is 13.0. The van der Waals surface area contributed by atoms with Gasteiger partial charge in [0.2, 0.25) is 0 Å². The normalized spacial score (nSPS) is 19.3. The zero-order valence-electron chi connectivity index (χ0n) is 25.5. The number of aromatic amines is 2. The lowest BCUT2D eigenvalue weighted by atomic mass is 9.87. The number of unbranched alkanes of at least 4 members (excludes halogenated alkanes) is 1. The summed E-state index contributed by atoms with van der Waals surface area (Å²) in [5, 5.41) is 0. The Labute approximate surface area is 251 Å². The fourth-order valence-corrected chi connectivity index (χ4v) is 7.24. The highest BCUT2D eigenvalue weighted by molar-refractivity contribution is 5.90. The third-order valence-electron chi connectivity index (χ3n) is 9.77. The van der Waals surface area contributed by atoms with Gasteiger partial charge >= 0.3 is 0 Å². The van der Waals surface area contributed by atoms with E-state index in [2.05, 4.69) is 61.9 Å². The van der Waals surface area contributed by atoms with Crippen LogP contribution in [0.2, 0.25) is 0 Å². The van der Waals surface area contributed by atoms with E-state index in [0.29, 0.717) is 23.5 Å². The van der Waals surface area contributed by atoms with E-state index in [0.717, 1.165) is 109 Å². The van der Waals surface area contributed by atoms with Gasteiger partial charge in [0.25, 0.3) is 0 Å². The van der Waals surface area contributed by atoms with Crippen LogP contribution in [-0.4, -0.2) is 39.9 Å². The van der Waals surface area contributed by atoms with Gasteiger partial charge in [0, 0.05) is 44.5 Å². The minimum atomic E-state index is 0.592. The molecule has 0 saturated heterocycles. The molecule has 0 radical (unpaired) electrons. The molecule has 2 N–H and O–H groups in total. The zero-order valence-corrected chi connectivity index (χ0v) is 25.5. The van der Waals surface area contributed by atoms with Gasteiger partial charge in [-0.15, -0.1) is 0 Å². The number of hydrogen-bond acceptors (Lipinski definition) is 6. The average Bonchev–Trinajstić information content (AvgIpc) is 3.71. The SMILES string of the molecule is CCCCC1=C(C)c2nc1nc1[nH]c(nc3nc(nc4[nH]c(n2)c2c4CC[C@H](C)C2)-c2ccccc2-3)c2c1CC[C@H](C)C2. The van der Waals surface area contributed by atoms with E-state index >= 15 is 0 Å². The molecule has 8 rings (SSSR count). The van der Waals surface area contributed by atoms with Gasteiger partial charge in [-0.1, -0.05) is 51.5 Å². The van der Waals surface area contributed by atoms with Crippen molar-refractivity contribution in [3.63, 3.8) is 0 Å². The first-order chi connectivity index (χ1) is 21.0. The number of hydrogen-bond donors (Lipinski definition) is 2. The second kappa shape index (κ2) is 10.2. The summed E-state index contributed by atoms with van der Waals surface area (Å²) in [6, 6.07) is 8.30. The summed E-state index contributed by atoms with van der Waals surface area (Å²) in [5.41, 5.74) is 12.8. The fourth-order valence-electron chi connectivity index (χ4n) is 7.24. The zero-order chi connectivity index (χ0) is 29.2. The summed E-state index contributed by atoms with van der Waals surface area (Å²) < 4.78 is 0. The molecule has 0 unspecified atom stereocenters. The van der Waals surface area contributed by atoms with Crippen LogP contribution < -0.4 is 0 Å². The van der Waals surface area contributed by atoms with Crippen LogP contribution >= 0.6 is 0 Å². The molecular weight excluding hydrogens is 532 g/mol. The highest BCUT2D eigenvalue weighted by Crippen LogP contribution is 2.38. The van der Waals surface area contributed by atoms with E-state index in [9.17, 15) is 0 Å². The summed E-state index contributed by atoms with van der Waals surface area (Å²) in [6.07, 6.45) is 9.33. The average molecular weight is 571 g/mol. The summed E-state index contributed by atoms with van der Waals surface area (Å²) in [7, 11) is 0. The Hall–Kier alpha value is -4.20. The van der Waals surface area contributed by atoms with Crippen LogP contribution in [0.4, 0.5) is 0 Å². The van der Waals surface area contributed by atoms with Gasteiger partial charge in [-0.05, 0) is 70.1 Å². The number of aryl methyl sites for hydroxylation is 2. The number of allylic oxidation sites excluding steroid dienone is 2. The molecular formula is C35H38N8. The van der Waals surface area contributed by atoms with E-state index in [1.54, 1.807) is 0 Å². The van der Waals surface area contributed by atoms with Gasteiger partial charge in [0.05, 0.1) is 0 Å². The van der Waals surface area contributed by atoms with Gasteiger partial charge in [-0.3, -0.25) is 0 Å². The first-order valence-corrected chi connectivity index (χ1v) is 16.0. The molecule has 4 aliphatic rings. The Balaban J connectivity index is 1.50. The van der Waals surface area contributed by atoms with Crippen LogP contribution in [0, 0.1) is 11.8 Å². The Morgan fingerprint density at radius 1 is 0.651 bits per heavy atom. The quantitative estimate of drug-likeness (QED) is 0.231. The summed E-state index contributed by atoms with van der Waals surface area (Å²) in [4.78, 5) is 38.2. The van der Waals surface area contributed by atoms with E-state index in [1.807, 2.05) is 0 Å². The van der Waals surface area contributed by atoms with Gasteiger partial charge in [0.1, 0.15) is 22.6 Å². The van der Waals surface area contributed by atoms with E-state index < -0.39 is 0 Å². The van der Waals surface area contributed by atoms with Crippen molar-refractivity contribution >= 4 is 33.7 Å². The maximum atomic E-state index is 5.25. The molecule has 0 amide bonds. The predicted molar refractivity (Wildman–Crippen MR) is 171 cm³/mol. The standard InChI is InChI=1S/C35H38N8/c1-5-6-9-21-20(4)28-36-29(21)38-32-25-15-13-19(3)17-27(25)35(43-32)41-31-23-11-8-7-10-22(23)30(39-31)40-33-24-14-12-18(2)16-26(24)34(37-28)42-33/h7-8,10-11,18-19H,5-6,9,12-17H2,1-4H3,(H2,36,37,38,39,40,41,42,43)/t18-,19-/m0/s1. The molecule has 0 saturated carbocycles. The highest BCUT2D eigenvalue weighted by Gasteiger charge is 2.27. The van der Waals surface area contributed by atoms with Crippen LogP contribution in [0.3, 0.4) is 0 Å². The van der Waals surface area contributed by atoms with Crippen molar-refractivity contribution in [2.75, 3.05) is 0 Å². The third kappa shape index (κ3) is 4.41. The number of H-pyrrole nitrogens is 2. The second-order valence-corrected chi connectivity index (χ2v) is 13.0. The Kier molecular flexibility index (Phi) is 6.28. The molecule has 3 aromatic heterocycles. The van der Waals surface area contributed by atoms with Crippen LogP contribution in [-0.2, 0) is 25.7 Å². The number of benzene rings is 1. The van der Waals surface area contributed by atoms with Crippen molar-refractivity contribution in [3.8, 4) is 22.8 Å². The lowest BCUT2D eigenvalue weighted by molar-refractivity contribution is 0.505. The summed E-state index contributed by atoms with van der Waals surface area (Å²) in [6.45, 7) is 9.03. The highest BCUT2D eigenvalue weighted by atomic mass is 15.1. The lowest BCUT2D eigenvalue weighted by Gasteiger charge is -2.17. The Bertz CT molecular complexity index is 1980. The van der Waals surface area contributed by atoms with Crippen molar-refractivity contribution in [2.24, 2.45) is 11.8 Å². The van der Waals surface area contributed by atoms with Crippen molar-refractivity contribution in [1.29, 1.82) is 0 Å². The molecule has 8 bridgehead atoms. The number of aromatic nitrogens is 8. The van der Waals surface area contributed by atoms with Crippen LogP contribution in [0.15, 0.2) is 24.3 Å². The minimum Gasteiger partial charge on any atom is -0.324 e. The molecule has 5 heterocycles. The number of rotatable bonds is 3. The smallest absolute Gasteiger partial charge is 0.164 e. The van der Waals surface area contributed by atoms with Gasteiger partial charge in [0.15, 0.2) is 23.3 Å². The van der Waals surface area contributed by atoms with Gasteiger partial charge in [-0.2, -0.15) is 0 Å². The van der Waals surface area contributed by atoms with E-state index in [1.165, 1.54) is 27.8 Å². The van der Waals surface area contributed by atoms with E-state index in [4.69, 9.17) is 29.9 Å². The van der Waals surface area contributed by atoms with Crippen LogP contribution in [0.1, 0.15) is 93.7 Å². The van der Waals surface area contributed by atoms with Gasteiger partial charge < -0.3 is 9.97 Å². The molecule has 2 aliphatic carbocycles. The van der Waals surface area contributed by atoms with Crippen molar-refractivity contribution in [3.05, 3.63) is 58.2 Å². The lowest BCUT2D eigenvalue weighted by Crippen LogP contribution is -2.10. The minimum absolute atomic E-state index is 0.592. The Morgan fingerprint density at radius 3 is 1.70 bits per heavy atom. The first-order valence-electron chi connectivity index (χ1n) is 16.0. The summed E-state index contributed by atoms with van der Waals surface area (Å²) >= 11 is 0. The molecule has 218 valence electrons. The number of fused-ring (bicyclic) bond motifs is 17. The Morgan fingerprint density at radius 2 is 1.14 bits per heavy atom. The molecule has 8 nitrogen and oxygen atoms in total. The molecule has 43 heavy (non-hydrogen) atoms. The fraction of sp³-hybridized carbons (Fsp3) is 0.429. The topological polar surface area (TPSA) is 109 Å². The molecule has 0 spiro atoms. The molecule has 0 fully saturated rings. The monoisotopic (exact) mass is 570 g/mol. The molecule has 2 aliphatic heterocycles. The molecule has 2 atom stereocenters. The maximum absolute atomic E-state index is 5.25. The first kappa shape index (κ1) is 26.4.